The van der Waals surface area contributed by atoms with E-state index in [0.717, 1.165) is 38.5 Å². The Morgan fingerprint density at radius 3 is 1.77 bits per heavy atom. The van der Waals surface area contributed by atoms with Crippen molar-refractivity contribution in [1.29, 1.82) is 0 Å². The molecule has 2 aliphatic heterocycles. The van der Waals surface area contributed by atoms with Gasteiger partial charge in [-0.05, 0) is 45.4 Å². The van der Waals surface area contributed by atoms with E-state index >= 15 is 0 Å². The zero-order valence-electron chi connectivity index (χ0n) is 15.9. The predicted octanol–water partition coefficient (Wildman–Crippen LogP) is 2.69. The van der Waals surface area contributed by atoms with Crippen LogP contribution < -0.4 is 10.6 Å². The van der Waals surface area contributed by atoms with Crippen molar-refractivity contribution in [3.8, 4) is 0 Å². The fourth-order valence-electron chi connectivity index (χ4n) is 3.59. The number of nitrogens with one attached hydrogen (secondary N) is 2. The Labute approximate surface area is 154 Å². The highest BCUT2D eigenvalue weighted by atomic mass is 16.2. The Bertz CT molecular complexity index is 688. The standard InChI is InChI=1S/C20H28N2O4/c1-4-5-6-8-14(11-16-13(3)18(24)22-20(16)26)9-7-10-15-12(2)17(23)21-19(15)25/h14H,4-11H2,1-3H3,(H,21,23,25)(H,22,24,26). The van der Waals surface area contributed by atoms with Crippen LogP contribution >= 0.6 is 0 Å². The van der Waals surface area contributed by atoms with Gasteiger partial charge in [0.15, 0.2) is 0 Å². The highest BCUT2D eigenvalue weighted by molar-refractivity contribution is 6.19. The maximum atomic E-state index is 12.0. The Kier molecular flexibility index (Phi) is 6.89. The normalized spacial score (nSPS) is 18.7. The van der Waals surface area contributed by atoms with Gasteiger partial charge in [-0.2, -0.15) is 0 Å². The van der Waals surface area contributed by atoms with E-state index in [1.165, 1.54) is 0 Å². The van der Waals surface area contributed by atoms with Crippen molar-refractivity contribution in [3.63, 3.8) is 0 Å². The third-order valence-corrected chi connectivity index (χ3v) is 5.34. The molecular formula is C20H28N2O4. The van der Waals surface area contributed by atoms with Crippen LogP contribution in [0.4, 0.5) is 0 Å². The first-order chi connectivity index (χ1) is 12.3. The van der Waals surface area contributed by atoms with Gasteiger partial charge in [-0.3, -0.25) is 29.8 Å². The largest absolute Gasteiger partial charge is 0.289 e. The van der Waals surface area contributed by atoms with Crippen LogP contribution in [0.3, 0.4) is 0 Å². The third kappa shape index (κ3) is 4.68. The molecule has 0 spiro atoms. The molecule has 0 saturated heterocycles. The van der Waals surface area contributed by atoms with Crippen molar-refractivity contribution in [1.82, 2.24) is 10.6 Å². The predicted molar refractivity (Wildman–Crippen MR) is 97.8 cm³/mol. The molecule has 2 heterocycles. The number of carbonyl (C=O) groups is 4. The molecule has 6 nitrogen and oxygen atoms in total. The van der Waals surface area contributed by atoms with Crippen molar-refractivity contribution in [3.05, 3.63) is 22.3 Å². The molecule has 4 amide bonds. The van der Waals surface area contributed by atoms with Gasteiger partial charge in [-0.1, -0.05) is 32.6 Å². The minimum Gasteiger partial charge on any atom is -0.289 e. The minimum atomic E-state index is -0.300. The third-order valence-electron chi connectivity index (χ3n) is 5.34. The number of hydrogen-bond acceptors (Lipinski definition) is 4. The van der Waals surface area contributed by atoms with Gasteiger partial charge in [-0.25, -0.2) is 0 Å². The Morgan fingerprint density at radius 2 is 1.27 bits per heavy atom. The average molecular weight is 360 g/mol. The fourth-order valence-corrected chi connectivity index (χ4v) is 3.59. The van der Waals surface area contributed by atoms with E-state index in [-0.39, 0.29) is 23.6 Å². The second-order valence-corrected chi connectivity index (χ2v) is 7.23. The summed E-state index contributed by atoms with van der Waals surface area (Å²) in [6, 6.07) is 0. The first-order valence-electron chi connectivity index (χ1n) is 9.46. The summed E-state index contributed by atoms with van der Waals surface area (Å²) in [5.74, 6) is -0.850. The number of unbranched alkanes of at least 4 members (excludes halogenated alkanes) is 2. The van der Waals surface area contributed by atoms with E-state index in [0.29, 0.717) is 41.1 Å². The van der Waals surface area contributed by atoms with E-state index in [1.807, 2.05) is 0 Å². The van der Waals surface area contributed by atoms with Crippen LogP contribution in [0.15, 0.2) is 22.3 Å². The van der Waals surface area contributed by atoms with E-state index in [4.69, 9.17) is 0 Å². The molecule has 0 fully saturated rings. The van der Waals surface area contributed by atoms with Crippen LogP contribution in [-0.2, 0) is 19.2 Å². The molecule has 142 valence electrons. The quantitative estimate of drug-likeness (QED) is 0.463. The molecule has 2 aliphatic rings. The molecule has 0 radical (unpaired) electrons. The first-order valence-corrected chi connectivity index (χ1v) is 9.46. The molecule has 1 atom stereocenters. The van der Waals surface area contributed by atoms with Gasteiger partial charge in [0.05, 0.1) is 0 Å². The van der Waals surface area contributed by atoms with Crippen LogP contribution in [0.1, 0.15) is 72.1 Å². The van der Waals surface area contributed by atoms with Gasteiger partial charge in [0, 0.05) is 22.3 Å². The van der Waals surface area contributed by atoms with E-state index in [9.17, 15) is 19.2 Å². The molecule has 1 unspecified atom stereocenters. The zero-order valence-corrected chi connectivity index (χ0v) is 15.9. The van der Waals surface area contributed by atoms with E-state index in [1.54, 1.807) is 13.8 Å². The molecule has 0 aliphatic carbocycles. The van der Waals surface area contributed by atoms with Crippen LogP contribution in [0.5, 0.6) is 0 Å². The summed E-state index contributed by atoms with van der Waals surface area (Å²) in [5, 5.41) is 4.68. The second kappa shape index (κ2) is 8.92. The van der Waals surface area contributed by atoms with Gasteiger partial charge in [-0.15, -0.1) is 0 Å². The van der Waals surface area contributed by atoms with Crippen LogP contribution in [-0.4, -0.2) is 23.6 Å². The van der Waals surface area contributed by atoms with Gasteiger partial charge in [0.1, 0.15) is 0 Å². The fraction of sp³-hybridized carbons (Fsp3) is 0.600. The SMILES string of the molecule is CCCCCC(CCCC1=C(C)C(=O)NC1=O)CC1=C(C)C(=O)NC1=O. The lowest BCUT2D eigenvalue weighted by atomic mass is 9.87. The van der Waals surface area contributed by atoms with Gasteiger partial charge >= 0.3 is 0 Å². The van der Waals surface area contributed by atoms with Crippen molar-refractivity contribution >= 4 is 23.6 Å². The monoisotopic (exact) mass is 360 g/mol. The second-order valence-electron chi connectivity index (χ2n) is 7.23. The molecule has 2 rings (SSSR count). The Hall–Kier alpha value is -2.24. The molecule has 0 aromatic heterocycles. The summed E-state index contributed by atoms with van der Waals surface area (Å²) in [5.41, 5.74) is 2.21. The molecule has 0 aromatic rings. The van der Waals surface area contributed by atoms with Crippen molar-refractivity contribution in [2.45, 2.75) is 72.1 Å². The summed E-state index contributed by atoms with van der Waals surface area (Å²) in [7, 11) is 0. The summed E-state index contributed by atoms with van der Waals surface area (Å²) in [4.78, 5) is 47.0. The van der Waals surface area contributed by atoms with E-state index < -0.39 is 0 Å². The highest BCUT2D eigenvalue weighted by Crippen LogP contribution is 2.29. The molecule has 0 saturated carbocycles. The lowest BCUT2D eigenvalue weighted by Crippen LogP contribution is -2.23. The van der Waals surface area contributed by atoms with Crippen LogP contribution in [0.25, 0.3) is 0 Å². The van der Waals surface area contributed by atoms with Crippen molar-refractivity contribution in [2.75, 3.05) is 0 Å². The smallest absolute Gasteiger partial charge is 0.254 e. The Morgan fingerprint density at radius 1 is 0.731 bits per heavy atom. The van der Waals surface area contributed by atoms with Crippen LogP contribution in [0, 0.1) is 5.92 Å². The maximum Gasteiger partial charge on any atom is 0.254 e. The summed E-state index contributed by atoms with van der Waals surface area (Å²) >= 11 is 0. The molecule has 6 heteroatoms. The maximum absolute atomic E-state index is 12.0. The summed E-state index contributed by atoms with van der Waals surface area (Å²) in [6.45, 7) is 5.52. The highest BCUT2D eigenvalue weighted by Gasteiger charge is 2.29. The number of hydrogen-bond donors (Lipinski definition) is 2. The topological polar surface area (TPSA) is 92.3 Å². The number of carbonyl (C=O) groups excluding carboxylic acids is 4. The van der Waals surface area contributed by atoms with Gasteiger partial charge < -0.3 is 0 Å². The number of imide groups is 2. The average Bonchev–Trinajstić information content (AvgIpc) is 2.97. The molecule has 26 heavy (non-hydrogen) atoms. The van der Waals surface area contributed by atoms with E-state index in [2.05, 4.69) is 17.6 Å². The summed E-state index contributed by atoms with van der Waals surface area (Å²) in [6.07, 6.45) is 7.15. The Balaban J connectivity index is 1.97. The zero-order chi connectivity index (χ0) is 19.3. The lowest BCUT2D eigenvalue weighted by Gasteiger charge is -2.17. The lowest BCUT2D eigenvalue weighted by molar-refractivity contribution is -0.125. The molecule has 2 N–H and O–H groups in total. The van der Waals surface area contributed by atoms with Crippen LogP contribution in [0.2, 0.25) is 0 Å². The molecule has 0 bridgehead atoms. The number of amides is 4. The first kappa shape index (κ1) is 20.1. The number of rotatable bonds is 10. The van der Waals surface area contributed by atoms with Gasteiger partial charge in [0.2, 0.25) is 0 Å². The molecular weight excluding hydrogens is 332 g/mol. The van der Waals surface area contributed by atoms with Gasteiger partial charge in [0.25, 0.3) is 23.6 Å². The molecule has 0 aromatic carbocycles. The van der Waals surface area contributed by atoms with Crippen molar-refractivity contribution < 1.29 is 19.2 Å². The minimum absolute atomic E-state index is 0.271. The van der Waals surface area contributed by atoms with Crippen molar-refractivity contribution in [2.24, 2.45) is 5.92 Å². The summed E-state index contributed by atoms with van der Waals surface area (Å²) < 4.78 is 0.